The lowest BCUT2D eigenvalue weighted by Crippen LogP contribution is -2.41. The van der Waals surface area contributed by atoms with Gasteiger partial charge in [-0.05, 0) is 41.6 Å². The van der Waals surface area contributed by atoms with Crippen LogP contribution < -0.4 is 10.1 Å². The SMILES string of the molecule is O=C(NC(Cc1cccc(OC(F)(F)C(F)F)c1)C(O)c1csc(-c2ccccc2)n1)c1ccc(F)c2ccccc12. The quantitative estimate of drug-likeness (QED) is 0.164. The highest BCUT2D eigenvalue weighted by molar-refractivity contribution is 7.13. The molecule has 0 saturated heterocycles. The minimum atomic E-state index is -4.70. The average molecular weight is 599 g/mol. The molecule has 0 bridgehead atoms. The van der Waals surface area contributed by atoms with Gasteiger partial charge in [-0.15, -0.1) is 11.3 Å². The zero-order chi connectivity index (χ0) is 29.9. The molecule has 5 nitrogen and oxygen atoms in total. The van der Waals surface area contributed by atoms with Gasteiger partial charge in [0.2, 0.25) is 0 Å². The monoisotopic (exact) mass is 598 g/mol. The first-order valence-corrected chi connectivity index (χ1v) is 13.6. The van der Waals surface area contributed by atoms with Crippen LogP contribution in [0, 0.1) is 5.82 Å². The summed E-state index contributed by atoms with van der Waals surface area (Å²) in [5.41, 5.74) is 1.54. The molecule has 0 aliphatic carbocycles. The van der Waals surface area contributed by atoms with Crippen molar-refractivity contribution in [2.45, 2.75) is 31.1 Å². The highest BCUT2D eigenvalue weighted by Crippen LogP contribution is 2.31. The molecule has 2 atom stereocenters. The summed E-state index contributed by atoms with van der Waals surface area (Å²) in [5.74, 6) is -1.64. The topological polar surface area (TPSA) is 71.5 Å². The number of alkyl halides is 4. The summed E-state index contributed by atoms with van der Waals surface area (Å²) < 4.78 is 71.0. The summed E-state index contributed by atoms with van der Waals surface area (Å²) in [6, 6.07) is 22.2. The van der Waals surface area contributed by atoms with Crippen LogP contribution in [0.25, 0.3) is 21.3 Å². The molecule has 0 aliphatic heterocycles. The molecule has 1 heterocycles. The fourth-order valence-electron chi connectivity index (χ4n) is 4.48. The summed E-state index contributed by atoms with van der Waals surface area (Å²) in [6.07, 6.45) is -10.2. The number of amides is 1. The number of carbonyl (C=O) groups is 1. The molecule has 5 aromatic rings. The number of fused-ring (bicyclic) bond motifs is 1. The number of benzene rings is 4. The largest absolute Gasteiger partial charge is 0.461 e. The van der Waals surface area contributed by atoms with Crippen molar-refractivity contribution >= 4 is 28.0 Å². The van der Waals surface area contributed by atoms with E-state index in [0.717, 1.165) is 17.7 Å². The first-order chi connectivity index (χ1) is 20.1. The fraction of sp³-hybridized carbons (Fsp3) is 0.161. The maximum Gasteiger partial charge on any atom is 0.461 e. The van der Waals surface area contributed by atoms with Crippen LogP contribution in [0.1, 0.15) is 27.7 Å². The Hall–Kier alpha value is -4.35. The van der Waals surface area contributed by atoms with Crippen LogP contribution in [0.5, 0.6) is 5.75 Å². The first kappa shape index (κ1) is 29.2. The zero-order valence-corrected chi connectivity index (χ0v) is 22.5. The van der Waals surface area contributed by atoms with Crippen molar-refractivity contribution in [1.29, 1.82) is 0 Å². The van der Waals surface area contributed by atoms with E-state index in [-0.39, 0.29) is 23.1 Å². The molecule has 0 fully saturated rings. The minimum Gasteiger partial charge on any atom is -0.428 e. The van der Waals surface area contributed by atoms with E-state index < -0.39 is 42.2 Å². The number of rotatable bonds is 10. The summed E-state index contributed by atoms with van der Waals surface area (Å²) in [4.78, 5) is 18.0. The number of halogens is 5. The third-order valence-electron chi connectivity index (χ3n) is 6.52. The van der Waals surface area contributed by atoms with Crippen molar-refractivity contribution in [3.63, 3.8) is 0 Å². The second-order valence-corrected chi connectivity index (χ2v) is 10.3. The van der Waals surface area contributed by atoms with Crippen LogP contribution in [0.4, 0.5) is 22.0 Å². The minimum absolute atomic E-state index is 0.109. The predicted octanol–water partition coefficient (Wildman–Crippen LogP) is 7.41. The molecule has 216 valence electrons. The summed E-state index contributed by atoms with van der Waals surface area (Å²) in [7, 11) is 0. The van der Waals surface area contributed by atoms with E-state index >= 15 is 0 Å². The molecular formula is C31H23F5N2O3S. The van der Waals surface area contributed by atoms with Gasteiger partial charge >= 0.3 is 12.5 Å². The van der Waals surface area contributed by atoms with Crippen molar-refractivity contribution in [2.75, 3.05) is 0 Å². The van der Waals surface area contributed by atoms with Crippen LogP contribution in [0.15, 0.2) is 96.4 Å². The third kappa shape index (κ3) is 6.42. The summed E-state index contributed by atoms with van der Waals surface area (Å²) in [5, 5.41) is 17.0. The molecule has 0 saturated carbocycles. The first-order valence-electron chi connectivity index (χ1n) is 12.7. The second kappa shape index (κ2) is 12.3. The van der Waals surface area contributed by atoms with E-state index in [9.17, 15) is 31.9 Å². The summed E-state index contributed by atoms with van der Waals surface area (Å²) >= 11 is 1.29. The highest BCUT2D eigenvalue weighted by atomic mass is 32.1. The number of ether oxygens (including phenoxy) is 1. The van der Waals surface area contributed by atoms with Crippen LogP contribution in [0.2, 0.25) is 0 Å². The molecule has 11 heteroatoms. The molecule has 42 heavy (non-hydrogen) atoms. The lowest BCUT2D eigenvalue weighted by molar-refractivity contribution is -0.253. The number of aliphatic hydroxyl groups excluding tert-OH is 1. The van der Waals surface area contributed by atoms with Gasteiger partial charge in [0, 0.05) is 21.9 Å². The van der Waals surface area contributed by atoms with Gasteiger partial charge in [0.05, 0.1) is 11.7 Å². The van der Waals surface area contributed by atoms with Crippen molar-refractivity contribution in [1.82, 2.24) is 10.3 Å². The van der Waals surface area contributed by atoms with E-state index in [1.54, 1.807) is 23.6 Å². The zero-order valence-electron chi connectivity index (χ0n) is 21.7. The van der Waals surface area contributed by atoms with Gasteiger partial charge in [-0.2, -0.15) is 17.6 Å². The molecule has 5 rings (SSSR count). The molecular weight excluding hydrogens is 575 g/mol. The van der Waals surface area contributed by atoms with E-state index in [0.29, 0.717) is 16.0 Å². The number of hydrogen-bond donors (Lipinski definition) is 2. The van der Waals surface area contributed by atoms with E-state index in [4.69, 9.17) is 0 Å². The molecule has 2 unspecified atom stereocenters. The van der Waals surface area contributed by atoms with Crippen LogP contribution >= 0.6 is 11.3 Å². The van der Waals surface area contributed by atoms with E-state index in [1.165, 1.54) is 41.7 Å². The maximum atomic E-state index is 14.4. The molecule has 2 N–H and O–H groups in total. The molecule has 4 aromatic carbocycles. The van der Waals surface area contributed by atoms with Gasteiger partial charge in [-0.25, -0.2) is 9.37 Å². The third-order valence-corrected chi connectivity index (χ3v) is 7.43. The molecule has 1 amide bonds. The number of aromatic nitrogens is 1. The fourth-order valence-corrected chi connectivity index (χ4v) is 5.34. The number of thiazole rings is 1. The van der Waals surface area contributed by atoms with Crippen LogP contribution in [-0.4, -0.2) is 34.6 Å². The summed E-state index contributed by atoms with van der Waals surface area (Å²) in [6.45, 7) is 0. The Labute approximate surface area is 241 Å². The maximum absolute atomic E-state index is 14.4. The molecule has 1 aromatic heterocycles. The molecule has 0 radical (unpaired) electrons. The normalized spacial score (nSPS) is 13.2. The van der Waals surface area contributed by atoms with Crippen molar-refractivity contribution < 1.29 is 36.6 Å². The Bertz CT molecular complexity index is 1700. The smallest absolute Gasteiger partial charge is 0.428 e. The van der Waals surface area contributed by atoms with Gasteiger partial charge in [0.1, 0.15) is 22.7 Å². The number of nitrogens with one attached hydrogen (secondary N) is 1. The highest BCUT2D eigenvalue weighted by Gasteiger charge is 2.44. The number of hydrogen-bond acceptors (Lipinski definition) is 5. The van der Waals surface area contributed by atoms with Crippen LogP contribution in [-0.2, 0) is 6.42 Å². The number of carbonyl (C=O) groups excluding carboxylic acids is 1. The lowest BCUT2D eigenvalue weighted by atomic mass is 9.98. The van der Waals surface area contributed by atoms with E-state index in [2.05, 4.69) is 15.0 Å². The van der Waals surface area contributed by atoms with Gasteiger partial charge in [-0.1, -0.05) is 66.7 Å². The van der Waals surface area contributed by atoms with Crippen molar-refractivity contribution in [3.8, 4) is 16.3 Å². The number of nitrogens with zero attached hydrogens (tertiary/aromatic N) is 1. The Morgan fingerprint density at radius 3 is 2.40 bits per heavy atom. The Morgan fingerprint density at radius 1 is 0.952 bits per heavy atom. The van der Waals surface area contributed by atoms with Crippen LogP contribution in [0.3, 0.4) is 0 Å². The van der Waals surface area contributed by atoms with Gasteiger partial charge in [-0.3, -0.25) is 4.79 Å². The lowest BCUT2D eigenvalue weighted by Gasteiger charge is -2.24. The molecule has 0 aliphatic rings. The molecule has 0 spiro atoms. The van der Waals surface area contributed by atoms with Crippen molar-refractivity contribution in [2.24, 2.45) is 0 Å². The Kier molecular flexibility index (Phi) is 8.51. The predicted molar refractivity (Wildman–Crippen MR) is 149 cm³/mol. The van der Waals surface area contributed by atoms with Crippen molar-refractivity contribution in [3.05, 3.63) is 119 Å². The Balaban J connectivity index is 1.46. The van der Waals surface area contributed by atoms with Gasteiger partial charge in [0.15, 0.2) is 0 Å². The van der Waals surface area contributed by atoms with Gasteiger partial charge in [0.25, 0.3) is 5.91 Å². The number of aliphatic hydroxyl groups is 1. The van der Waals surface area contributed by atoms with Gasteiger partial charge < -0.3 is 15.2 Å². The van der Waals surface area contributed by atoms with E-state index in [1.807, 2.05) is 30.3 Å². The second-order valence-electron chi connectivity index (χ2n) is 9.42. The standard InChI is InChI=1S/C31H23F5N2O3S/c32-24-14-13-23(21-11-4-5-12-22(21)24)28(40)37-25(16-18-7-6-10-20(15-18)41-31(35,36)30(33)34)27(39)26-17-42-29(38-26)19-8-2-1-3-9-19/h1-15,17,25,27,30,39H,16H2,(H,37,40). The average Bonchev–Trinajstić information content (AvgIpc) is 3.48. The Morgan fingerprint density at radius 2 is 1.67 bits per heavy atom.